The molecule has 2 heterocycles. The van der Waals surface area contributed by atoms with E-state index in [9.17, 15) is 48.3 Å². The summed E-state index contributed by atoms with van der Waals surface area (Å²) in [5.41, 5.74) is 0.179. The number of anilines is 3. The molecule has 4 aromatic carbocycles. The smallest absolute Gasteiger partial charge is 0.336 e. The molecule has 0 atom stereocenters. The molecule has 1 aromatic heterocycles. The van der Waals surface area contributed by atoms with E-state index in [-0.39, 0.29) is 113 Å². The summed E-state index contributed by atoms with van der Waals surface area (Å²) in [6.07, 6.45) is 0.964. The van der Waals surface area contributed by atoms with Crippen molar-refractivity contribution < 1.29 is 47.8 Å². The maximum atomic E-state index is 14.7. The van der Waals surface area contributed by atoms with Gasteiger partial charge in [-0.3, -0.25) is 24.5 Å². The first-order valence-corrected chi connectivity index (χ1v) is 18.0. The van der Waals surface area contributed by atoms with Crippen LogP contribution in [-0.4, -0.2) is 68.3 Å². The maximum absolute atomic E-state index is 14.7. The number of Topliss-reactive ketones (excluding diaryl/α,β-unsaturated/α-hetero) is 1. The van der Waals surface area contributed by atoms with Gasteiger partial charge in [-0.05, 0) is 48.4 Å². The minimum Gasteiger partial charge on any atom is -0.505 e. The van der Waals surface area contributed by atoms with Crippen LogP contribution in [0.3, 0.4) is 0 Å². The largest absolute Gasteiger partial charge is 0.505 e. The Morgan fingerprint density at radius 3 is 2.29 bits per heavy atom. The van der Waals surface area contributed by atoms with Gasteiger partial charge in [-0.1, -0.05) is 36.9 Å². The molecular formula is C41H35F2N7O9. The number of carbonyl (C=O) groups excluding carboxylic acids is 3. The first-order valence-electron chi connectivity index (χ1n) is 18.0. The van der Waals surface area contributed by atoms with E-state index >= 15 is 0 Å². The number of hydrogen-bond donors (Lipinski definition) is 6. The molecular weight excluding hydrogens is 772 g/mol. The number of amides is 2. The van der Waals surface area contributed by atoms with Gasteiger partial charge in [0.25, 0.3) is 0 Å². The molecule has 1 aliphatic rings. The predicted molar refractivity (Wildman–Crippen MR) is 210 cm³/mol. The molecule has 0 bridgehead atoms. The zero-order valence-corrected chi connectivity index (χ0v) is 31.0. The topological polar surface area (TPSA) is 235 Å². The molecule has 2 amide bonds. The second kappa shape index (κ2) is 18.0. The lowest BCUT2D eigenvalue weighted by Crippen LogP contribution is -2.35. The number of aromatic carboxylic acids is 1. The number of fused-ring (bicyclic) bond motifs is 2. The zero-order chi connectivity index (χ0) is 42.2. The van der Waals surface area contributed by atoms with E-state index in [0.29, 0.717) is 5.69 Å². The first kappa shape index (κ1) is 40.9. The molecule has 0 saturated carbocycles. The fourth-order valence-electron chi connectivity index (χ4n) is 6.14. The average Bonchev–Trinajstić information content (AvgIpc) is 3.20. The van der Waals surface area contributed by atoms with Crippen molar-refractivity contribution in [1.82, 2.24) is 20.6 Å². The van der Waals surface area contributed by atoms with E-state index in [1.807, 2.05) is 6.07 Å². The number of para-hydroxylation sites is 1. The minimum atomic E-state index is -1.42. The Morgan fingerprint density at radius 2 is 1.58 bits per heavy atom. The van der Waals surface area contributed by atoms with Crippen molar-refractivity contribution in [3.8, 4) is 17.2 Å². The van der Waals surface area contributed by atoms with Crippen molar-refractivity contribution in [2.75, 3.05) is 30.3 Å². The number of benzene rings is 4. The molecule has 6 rings (SSSR count). The van der Waals surface area contributed by atoms with Gasteiger partial charge >= 0.3 is 11.7 Å². The number of ketones is 1. The standard InChI is InChI=1S/C41H35F2N7O9/c1-22-16-34-27(18-29(22)42)38(28-19-30(43)33(52)20-35(28)59-34)25-11-10-23(17-26(25)40(55)56)32(51)8-5-9-36(53)44-14-15-45-37(54)12-13-46-39-31(50(57)58)21-47-41(49-39)48-24-6-3-2-4-7-24/h2-4,6-7,10-11,16-21,52H,1,5,8-9,12-15H2,(H,44,53)(H,45,54)(H,55,56)(H2,46,47,48,49). The number of nitro groups is 1. The van der Waals surface area contributed by atoms with Gasteiger partial charge in [0.15, 0.2) is 17.3 Å². The summed E-state index contributed by atoms with van der Waals surface area (Å²) in [6, 6.07) is 17.2. The molecule has 0 spiro atoms. The van der Waals surface area contributed by atoms with Crippen molar-refractivity contribution >= 4 is 58.9 Å². The van der Waals surface area contributed by atoms with E-state index in [4.69, 9.17) is 4.74 Å². The van der Waals surface area contributed by atoms with Crippen LogP contribution in [0.2, 0.25) is 0 Å². The highest BCUT2D eigenvalue weighted by atomic mass is 19.1. The number of halogens is 2. The Hall–Kier alpha value is -7.76. The molecule has 0 aliphatic carbocycles. The number of carbonyl (C=O) groups is 4. The fraction of sp³-hybridized carbons (Fsp3) is 0.171. The van der Waals surface area contributed by atoms with Gasteiger partial charge in [0, 0.05) is 77.8 Å². The number of aromatic nitrogens is 2. The van der Waals surface area contributed by atoms with Crippen LogP contribution >= 0.6 is 0 Å². The van der Waals surface area contributed by atoms with E-state index < -0.39 is 45.9 Å². The monoisotopic (exact) mass is 807 g/mol. The number of carboxylic acids is 1. The van der Waals surface area contributed by atoms with Gasteiger partial charge in [-0.15, -0.1) is 0 Å². The minimum absolute atomic E-state index is 0.0109. The van der Waals surface area contributed by atoms with Gasteiger partial charge in [0.05, 0.1) is 10.5 Å². The number of hydrogen-bond acceptors (Lipinski definition) is 12. The third-order valence-electron chi connectivity index (χ3n) is 9.02. The van der Waals surface area contributed by atoms with Crippen molar-refractivity contribution in [1.29, 1.82) is 0 Å². The highest BCUT2D eigenvalue weighted by Gasteiger charge is 2.27. The Morgan fingerprint density at radius 1 is 0.847 bits per heavy atom. The van der Waals surface area contributed by atoms with E-state index in [1.165, 1.54) is 18.2 Å². The van der Waals surface area contributed by atoms with Crippen LogP contribution in [0.15, 0.2) is 79.0 Å². The third-order valence-corrected chi connectivity index (χ3v) is 9.02. The number of carboxylic acid groups (broad SMARTS) is 1. The predicted octanol–water partition coefficient (Wildman–Crippen LogP) is 4.66. The number of rotatable bonds is 17. The fourth-order valence-corrected chi connectivity index (χ4v) is 6.14. The van der Waals surface area contributed by atoms with Crippen LogP contribution in [0.1, 0.15) is 57.5 Å². The molecule has 0 saturated heterocycles. The first-order chi connectivity index (χ1) is 28.3. The summed E-state index contributed by atoms with van der Waals surface area (Å²) in [5.74, 6) is -4.99. The van der Waals surface area contributed by atoms with Crippen LogP contribution in [-0.2, 0) is 9.59 Å². The zero-order valence-electron chi connectivity index (χ0n) is 31.0. The summed E-state index contributed by atoms with van der Waals surface area (Å²) in [5, 5.41) is 42.7. The maximum Gasteiger partial charge on any atom is 0.336 e. The quantitative estimate of drug-likeness (QED) is 0.0319. The molecule has 18 heteroatoms. The second-order valence-corrected chi connectivity index (χ2v) is 13.1. The number of nitrogens with zero attached hydrogens (tertiary/aromatic N) is 3. The Balaban J connectivity index is 0.990. The second-order valence-electron chi connectivity index (χ2n) is 13.1. The van der Waals surface area contributed by atoms with Crippen LogP contribution in [0.25, 0.3) is 12.2 Å². The molecule has 302 valence electrons. The summed E-state index contributed by atoms with van der Waals surface area (Å²) < 4.78 is 35.1. The van der Waals surface area contributed by atoms with Gasteiger partial charge in [-0.25, -0.2) is 18.6 Å². The molecule has 0 unspecified atom stereocenters. The Kier molecular flexibility index (Phi) is 12.5. The third kappa shape index (κ3) is 9.80. The SMILES string of the molecule is C=c1cc2c(cc1F)=C(c1ccc(C(=O)CCCC(=O)NCCNC(=O)CCNc3nc(Nc4ccccc4)ncc3[N+](=O)[O-])cc1C(=O)O)c1cc(F)c(O)cc1O2. The van der Waals surface area contributed by atoms with Gasteiger partial charge < -0.3 is 36.2 Å². The lowest BCUT2D eigenvalue weighted by atomic mass is 9.88. The number of ether oxygens (including phenoxy) is 1. The number of phenols is 1. The van der Waals surface area contributed by atoms with E-state index in [0.717, 1.165) is 30.5 Å². The Bertz CT molecular complexity index is 2610. The lowest BCUT2D eigenvalue weighted by Gasteiger charge is -2.23. The highest BCUT2D eigenvalue weighted by Crippen LogP contribution is 2.40. The molecule has 0 fully saturated rings. The molecule has 6 N–H and O–H groups in total. The molecule has 16 nitrogen and oxygen atoms in total. The van der Waals surface area contributed by atoms with Crippen LogP contribution in [0.5, 0.6) is 17.2 Å². The van der Waals surface area contributed by atoms with E-state index in [2.05, 4.69) is 37.8 Å². The molecule has 0 radical (unpaired) electrons. The average molecular weight is 808 g/mol. The number of nitrogens with one attached hydrogen (secondary N) is 4. The highest BCUT2D eigenvalue weighted by molar-refractivity contribution is 6.03. The van der Waals surface area contributed by atoms with E-state index in [1.54, 1.807) is 24.3 Å². The van der Waals surface area contributed by atoms with Crippen molar-refractivity contribution in [3.63, 3.8) is 0 Å². The van der Waals surface area contributed by atoms with Crippen LogP contribution in [0.4, 0.5) is 31.9 Å². The Labute approximate surface area is 333 Å². The van der Waals surface area contributed by atoms with Crippen molar-refractivity contribution in [2.24, 2.45) is 0 Å². The number of phenolic OH excluding ortho intramolecular Hbond substituents is 1. The summed E-state index contributed by atoms with van der Waals surface area (Å²) >= 11 is 0. The summed E-state index contributed by atoms with van der Waals surface area (Å²) in [4.78, 5) is 69.4. The number of aromatic hydroxyl groups is 1. The van der Waals surface area contributed by atoms with Crippen LogP contribution < -0.4 is 36.4 Å². The molecule has 1 aliphatic heterocycles. The van der Waals surface area contributed by atoms with Gasteiger partial charge in [0.1, 0.15) is 23.5 Å². The van der Waals surface area contributed by atoms with Gasteiger partial charge in [0.2, 0.25) is 23.6 Å². The summed E-state index contributed by atoms with van der Waals surface area (Å²) in [7, 11) is 0. The molecule has 5 aromatic rings. The summed E-state index contributed by atoms with van der Waals surface area (Å²) in [6.45, 7) is 3.81. The van der Waals surface area contributed by atoms with Crippen molar-refractivity contribution in [3.05, 3.63) is 133 Å². The van der Waals surface area contributed by atoms with Crippen LogP contribution in [0, 0.1) is 21.7 Å². The lowest BCUT2D eigenvalue weighted by molar-refractivity contribution is -0.384. The normalized spacial score (nSPS) is 11.4. The molecule has 59 heavy (non-hydrogen) atoms. The van der Waals surface area contributed by atoms with Crippen molar-refractivity contribution in [2.45, 2.75) is 25.7 Å². The van der Waals surface area contributed by atoms with Gasteiger partial charge in [-0.2, -0.15) is 4.98 Å².